The van der Waals surface area contributed by atoms with E-state index in [2.05, 4.69) is 29.3 Å². The summed E-state index contributed by atoms with van der Waals surface area (Å²) in [5.74, 6) is 0.836. The molecule has 138 valence electrons. The maximum Gasteiger partial charge on any atom is 0.316 e. The minimum Gasteiger partial charge on any atom is -0.482 e. The molecule has 0 saturated heterocycles. The predicted octanol–water partition coefficient (Wildman–Crippen LogP) is 2.26. The van der Waals surface area contributed by atoms with Crippen LogP contribution in [0.5, 0.6) is 5.75 Å². The number of hydrogen-bond acceptors (Lipinski definition) is 6. The van der Waals surface area contributed by atoms with Crippen LogP contribution in [-0.2, 0) is 4.79 Å². The van der Waals surface area contributed by atoms with Crippen LogP contribution in [-0.4, -0.2) is 41.7 Å². The SMILES string of the molecule is CCN1C(=O)COc2cc(-c3noc(C(=O)NCCC(C)C)n3)ccc21. The second-order valence-corrected chi connectivity index (χ2v) is 6.47. The van der Waals surface area contributed by atoms with Crippen LogP contribution in [0.2, 0.25) is 0 Å². The van der Waals surface area contributed by atoms with E-state index in [1.165, 1.54) is 0 Å². The van der Waals surface area contributed by atoms with Gasteiger partial charge in [-0.3, -0.25) is 9.59 Å². The zero-order valence-corrected chi connectivity index (χ0v) is 15.1. The van der Waals surface area contributed by atoms with E-state index >= 15 is 0 Å². The lowest BCUT2D eigenvalue weighted by Crippen LogP contribution is -2.38. The number of carbonyl (C=O) groups is 2. The monoisotopic (exact) mass is 358 g/mol. The van der Waals surface area contributed by atoms with Gasteiger partial charge in [-0.25, -0.2) is 0 Å². The van der Waals surface area contributed by atoms with Crippen LogP contribution in [0.4, 0.5) is 5.69 Å². The van der Waals surface area contributed by atoms with Crippen molar-refractivity contribution in [3.8, 4) is 17.1 Å². The molecule has 0 atom stereocenters. The fourth-order valence-corrected chi connectivity index (χ4v) is 2.67. The molecule has 8 nitrogen and oxygen atoms in total. The van der Waals surface area contributed by atoms with Crippen LogP contribution in [0, 0.1) is 5.92 Å². The molecule has 2 amide bonds. The quantitative estimate of drug-likeness (QED) is 0.851. The summed E-state index contributed by atoms with van der Waals surface area (Å²) in [5.41, 5.74) is 1.36. The normalized spacial score (nSPS) is 13.5. The Hall–Kier alpha value is -2.90. The Kier molecular flexibility index (Phi) is 5.20. The van der Waals surface area contributed by atoms with Crippen molar-refractivity contribution >= 4 is 17.5 Å². The summed E-state index contributed by atoms with van der Waals surface area (Å²) in [6.07, 6.45) is 0.877. The number of fused-ring (bicyclic) bond motifs is 1. The fourth-order valence-electron chi connectivity index (χ4n) is 2.67. The topological polar surface area (TPSA) is 97.6 Å². The first-order valence-electron chi connectivity index (χ1n) is 8.69. The highest BCUT2D eigenvalue weighted by Gasteiger charge is 2.25. The van der Waals surface area contributed by atoms with E-state index in [0.29, 0.717) is 41.8 Å². The Morgan fingerprint density at radius 3 is 2.92 bits per heavy atom. The Morgan fingerprint density at radius 1 is 1.38 bits per heavy atom. The standard InChI is InChI=1S/C18H22N4O4/c1-4-22-13-6-5-12(9-14(13)25-10-15(22)23)16-20-18(26-21-16)17(24)19-8-7-11(2)3/h5-6,9,11H,4,7-8,10H2,1-3H3,(H,19,24). The highest BCUT2D eigenvalue weighted by atomic mass is 16.5. The summed E-state index contributed by atoms with van der Waals surface area (Å²) < 4.78 is 10.6. The number of nitrogens with one attached hydrogen (secondary N) is 1. The van der Waals surface area contributed by atoms with Crippen LogP contribution in [0.15, 0.2) is 22.7 Å². The molecule has 1 aromatic carbocycles. The van der Waals surface area contributed by atoms with Crippen LogP contribution in [0.3, 0.4) is 0 Å². The van der Waals surface area contributed by atoms with Crippen molar-refractivity contribution in [2.75, 3.05) is 24.6 Å². The molecule has 8 heteroatoms. The first-order chi connectivity index (χ1) is 12.5. The van der Waals surface area contributed by atoms with Gasteiger partial charge in [-0.1, -0.05) is 19.0 Å². The Bertz CT molecular complexity index is 815. The number of aromatic nitrogens is 2. The van der Waals surface area contributed by atoms with Gasteiger partial charge in [0.25, 0.3) is 5.91 Å². The lowest BCUT2D eigenvalue weighted by Gasteiger charge is -2.28. The second kappa shape index (κ2) is 7.55. The Labute approximate surface area is 151 Å². The molecule has 2 aromatic rings. The van der Waals surface area contributed by atoms with Gasteiger partial charge in [0, 0.05) is 18.7 Å². The smallest absolute Gasteiger partial charge is 0.316 e. The molecule has 1 aromatic heterocycles. The maximum atomic E-state index is 12.0. The molecular weight excluding hydrogens is 336 g/mol. The zero-order valence-electron chi connectivity index (χ0n) is 15.1. The number of amides is 2. The molecule has 2 heterocycles. The van der Waals surface area contributed by atoms with Gasteiger partial charge in [-0.2, -0.15) is 4.98 Å². The minimum atomic E-state index is -0.388. The number of hydrogen-bond donors (Lipinski definition) is 1. The molecule has 3 rings (SSSR count). The Morgan fingerprint density at radius 2 is 2.19 bits per heavy atom. The molecule has 1 aliphatic rings. The number of ether oxygens (including phenoxy) is 1. The number of rotatable bonds is 6. The van der Waals surface area contributed by atoms with E-state index in [9.17, 15) is 9.59 Å². The molecule has 0 fully saturated rings. The van der Waals surface area contributed by atoms with Crippen molar-refractivity contribution in [3.05, 3.63) is 24.1 Å². The third-order valence-corrected chi connectivity index (χ3v) is 4.10. The first kappa shape index (κ1) is 17.9. The van der Waals surface area contributed by atoms with E-state index in [4.69, 9.17) is 9.26 Å². The van der Waals surface area contributed by atoms with Gasteiger partial charge < -0.3 is 19.5 Å². The number of anilines is 1. The summed E-state index contributed by atoms with van der Waals surface area (Å²) in [5, 5.41) is 6.63. The molecule has 1 aliphatic heterocycles. The number of likely N-dealkylation sites (N-methyl/N-ethyl adjacent to an activating group) is 1. The zero-order chi connectivity index (χ0) is 18.7. The van der Waals surface area contributed by atoms with Gasteiger partial charge in [0.05, 0.1) is 5.69 Å². The number of carbonyl (C=O) groups excluding carboxylic acids is 2. The highest BCUT2D eigenvalue weighted by molar-refractivity contribution is 5.98. The van der Waals surface area contributed by atoms with E-state index in [1.807, 2.05) is 6.92 Å². The molecule has 0 aliphatic carbocycles. The van der Waals surface area contributed by atoms with Gasteiger partial charge in [0.2, 0.25) is 5.82 Å². The van der Waals surface area contributed by atoms with Crippen molar-refractivity contribution in [3.63, 3.8) is 0 Å². The van der Waals surface area contributed by atoms with Crippen LogP contribution >= 0.6 is 0 Å². The lowest BCUT2D eigenvalue weighted by atomic mass is 10.1. The molecule has 0 unspecified atom stereocenters. The van der Waals surface area contributed by atoms with Gasteiger partial charge >= 0.3 is 11.8 Å². The third-order valence-electron chi connectivity index (χ3n) is 4.10. The molecule has 0 saturated carbocycles. The van der Waals surface area contributed by atoms with Gasteiger partial charge in [-0.15, -0.1) is 0 Å². The molecular formula is C18H22N4O4. The molecule has 0 spiro atoms. The summed E-state index contributed by atoms with van der Waals surface area (Å²) in [6.45, 7) is 7.20. The average Bonchev–Trinajstić information content (AvgIpc) is 3.11. The van der Waals surface area contributed by atoms with Crippen molar-refractivity contribution in [1.82, 2.24) is 15.5 Å². The van der Waals surface area contributed by atoms with Gasteiger partial charge in [-0.05, 0) is 37.5 Å². The predicted molar refractivity (Wildman–Crippen MR) is 95.0 cm³/mol. The Balaban J connectivity index is 1.76. The molecule has 1 N–H and O–H groups in total. The van der Waals surface area contributed by atoms with Crippen LogP contribution < -0.4 is 15.0 Å². The summed E-state index contributed by atoms with van der Waals surface area (Å²) in [6, 6.07) is 5.30. The van der Waals surface area contributed by atoms with E-state index in [1.54, 1.807) is 23.1 Å². The first-order valence-corrected chi connectivity index (χ1v) is 8.69. The van der Waals surface area contributed by atoms with Crippen LogP contribution in [0.25, 0.3) is 11.4 Å². The second-order valence-electron chi connectivity index (χ2n) is 6.47. The number of nitrogens with zero attached hydrogens (tertiary/aromatic N) is 3. The lowest BCUT2D eigenvalue weighted by molar-refractivity contribution is -0.121. The van der Waals surface area contributed by atoms with Crippen molar-refractivity contribution in [2.45, 2.75) is 27.2 Å². The van der Waals surface area contributed by atoms with E-state index in [-0.39, 0.29) is 24.3 Å². The summed E-state index contributed by atoms with van der Waals surface area (Å²) in [4.78, 5) is 29.7. The van der Waals surface area contributed by atoms with Gasteiger partial charge in [0.1, 0.15) is 5.75 Å². The van der Waals surface area contributed by atoms with E-state index in [0.717, 1.165) is 6.42 Å². The summed E-state index contributed by atoms with van der Waals surface area (Å²) in [7, 11) is 0. The molecule has 0 radical (unpaired) electrons. The van der Waals surface area contributed by atoms with E-state index < -0.39 is 0 Å². The van der Waals surface area contributed by atoms with Crippen molar-refractivity contribution < 1.29 is 18.8 Å². The van der Waals surface area contributed by atoms with Gasteiger partial charge in [0.15, 0.2) is 6.61 Å². The largest absolute Gasteiger partial charge is 0.482 e. The number of benzene rings is 1. The molecule has 0 bridgehead atoms. The third kappa shape index (κ3) is 3.68. The highest BCUT2D eigenvalue weighted by Crippen LogP contribution is 2.35. The molecule has 26 heavy (non-hydrogen) atoms. The average molecular weight is 358 g/mol. The maximum absolute atomic E-state index is 12.0. The summed E-state index contributed by atoms with van der Waals surface area (Å²) >= 11 is 0. The van der Waals surface area contributed by atoms with Crippen molar-refractivity contribution in [2.24, 2.45) is 5.92 Å². The fraction of sp³-hybridized carbons (Fsp3) is 0.444. The van der Waals surface area contributed by atoms with Crippen LogP contribution in [0.1, 0.15) is 37.9 Å². The van der Waals surface area contributed by atoms with Crippen molar-refractivity contribution in [1.29, 1.82) is 0 Å². The minimum absolute atomic E-state index is 0.0000442.